The van der Waals surface area contributed by atoms with Crippen molar-refractivity contribution in [3.63, 3.8) is 0 Å². The molecule has 2 fully saturated rings. The minimum Gasteiger partial charge on any atom is -0.446 e. The molecule has 0 amide bonds. The molecule has 0 aromatic carbocycles. The van der Waals surface area contributed by atoms with Crippen molar-refractivity contribution in [3.8, 4) is 0 Å². The number of hydrogen-bond donors (Lipinski definition) is 1. The smallest absolute Gasteiger partial charge is 0.294 e. The molecule has 0 spiro atoms. The molecule has 2 heterocycles. The fourth-order valence-electron chi connectivity index (χ4n) is 1.91. The number of rotatable bonds is 3. The van der Waals surface area contributed by atoms with Gasteiger partial charge in [-0.3, -0.25) is 10.1 Å². The zero-order valence-electron chi connectivity index (χ0n) is 7.98. The van der Waals surface area contributed by atoms with Crippen molar-refractivity contribution in [1.82, 2.24) is 5.32 Å². The van der Waals surface area contributed by atoms with E-state index < -0.39 is 0 Å². The second kappa shape index (κ2) is 4.72. The van der Waals surface area contributed by atoms with Gasteiger partial charge in [-0.05, 0) is 12.8 Å². The molecule has 0 aromatic rings. The van der Waals surface area contributed by atoms with Crippen LogP contribution in [0.15, 0.2) is 0 Å². The highest BCUT2D eigenvalue weighted by molar-refractivity contribution is 5.37. The van der Waals surface area contributed by atoms with Gasteiger partial charge in [-0.15, -0.1) is 0 Å². The first kappa shape index (κ1) is 9.89. The van der Waals surface area contributed by atoms with Crippen LogP contribution in [0.5, 0.6) is 0 Å². The molecule has 0 bridgehead atoms. The molecule has 1 N–H and O–H groups in total. The largest absolute Gasteiger partial charge is 0.446 e. The second-order valence-electron chi connectivity index (χ2n) is 3.59. The van der Waals surface area contributed by atoms with E-state index in [-0.39, 0.29) is 12.5 Å². The van der Waals surface area contributed by atoms with Gasteiger partial charge in [0.05, 0.1) is 6.61 Å². The molecular formula is C9H15NO4. The Hall–Kier alpha value is -0.650. The average molecular weight is 201 g/mol. The summed E-state index contributed by atoms with van der Waals surface area (Å²) in [7, 11) is 0. The summed E-state index contributed by atoms with van der Waals surface area (Å²) in [5.41, 5.74) is 0. The third-order valence-electron chi connectivity index (χ3n) is 2.69. The van der Waals surface area contributed by atoms with Gasteiger partial charge in [-0.2, -0.15) is 0 Å². The molecule has 2 saturated heterocycles. The standard InChI is InChI=1S/C9H15NO4/c11-6-14-8-5-13-9(10-8)7-1-3-12-4-2-7/h6-10H,1-5H2/t8-,9?/m1/s1. The van der Waals surface area contributed by atoms with Crippen LogP contribution in [0.3, 0.4) is 0 Å². The van der Waals surface area contributed by atoms with Crippen molar-refractivity contribution < 1.29 is 19.0 Å². The molecule has 2 aliphatic heterocycles. The van der Waals surface area contributed by atoms with Gasteiger partial charge in [0.25, 0.3) is 6.47 Å². The Kier molecular flexibility index (Phi) is 3.34. The Balaban J connectivity index is 1.78. The monoisotopic (exact) mass is 201 g/mol. The van der Waals surface area contributed by atoms with E-state index in [1.165, 1.54) is 0 Å². The second-order valence-corrected chi connectivity index (χ2v) is 3.59. The van der Waals surface area contributed by atoms with Crippen LogP contribution >= 0.6 is 0 Å². The third-order valence-corrected chi connectivity index (χ3v) is 2.69. The minimum absolute atomic E-state index is 0.0175. The molecule has 2 aliphatic rings. The Morgan fingerprint density at radius 1 is 1.36 bits per heavy atom. The summed E-state index contributed by atoms with van der Waals surface area (Å²) in [6, 6.07) is 0. The van der Waals surface area contributed by atoms with Crippen molar-refractivity contribution in [1.29, 1.82) is 0 Å². The van der Waals surface area contributed by atoms with Crippen molar-refractivity contribution in [2.45, 2.75) is 25.3 Å². The van der Waals surface area contributed by atoms with E-state index in [4.69, 9.17) is 14.2 Å². The van der Waals surface area contributed by atoms with Crippen molar-refractivity contribution in [2.24, 2.45) is 5.92 Å². The first-order valence-corrected chi connectivity index (χ1v) is 4.94. The number of ether oxygens (including phenoxy) is 3. The van der Waals surface area contributed by atoms with Gasteiger partial charge in [-0.25, -0.2) is 0 Å². The normalized spacial score (nSPS) is 34.3. The van der Waals surface area contributed by atoms with E-state index in [1.54, 1.807) is 0 Å². The van der Waals surface area contributed by atoms with Crippen LogP contribution in [-0.4, -0.2) is 38.7 Å². The lowest BCUT2D eigenvalue weighted by molar-refractivity contribution is -0.134. The first-order chi connectivity index (χ1) is 6.90. The molecule has 0 aliphatic carbocycles. The van der Waals surface area contributed by atoms with Gasteiger partial charge in [0.1, 0.15) is 6.23 Å². The Bertz CT molecular complexity index is 193. The summed E-state index contributed by atoms with van der Waals surface area (Å²) in [5.74, 6) is 0.476. The highest BCUT2D eigenvalue weighted by Crippen LogP contribution is 2.22. The van der Waals surface area contributed by atoms with Crippen LogP contribution in [0.2, 0.25) is 0 Å². The van der Waals surface area contributed by atoms with Crippen molar-refractivity contribution >= 4 is 6.47 Å². The average Bonchev–Trinajstić information content (AvgIpc) is 2.68. The molecule has 0 radical (unpaired) electrons. The molecule has 14 heavy (non-hydrogen) atoms. The molecule has 80 valence electrons. The predicted molar refractivity (Wildman–Crippen MR) is 47.4 cm³/mol. The maximum absolute atomic E-state index is 10.1. The van der Waals surface area contributed by atoms with E-state index in [2.05, 4.69) is 5.32 Å². The highest BCUT2D eigenvalue weighted by atomic mass is 16.6. The van der Waals surface area contributed by atoms with Gasteiger partial charge >= 0.3 is 0 Å². The Labute approximate surface area is 82.7 Å². The SMILES string of the molecule is O=CO[C@@H]1COC(C2CCOCC2)N1. The quantitative estimate of drug-likeness (QED) is 0.644. The van der Waals surface area contributed by atoms with Crippen LogP contribution in [-0.2, 0) is 19.0 Å². The number of nitrogens with one attached hydrogen (secondary N) is 1. The lowest BCUT2D eigenvalue weighted by Gasteiger charge is -2.26. The highest BCUT2D eigenvalue weighted by Gasteiger charge is 2.32. The lowest BCUT2D eigenvalue weighted by Crippen LogP contribution is -2.39. The summed E-state index contributed by atoms with van der Waals surface area (Å²) in [4.78, 5) is 10.1. The molecule has 5 nitrogen and oxygen atoms in total. The van der Waals surface area contributed by atoms with Crippen LogP contribution in [0.4, 0.5) is 0 Å². The van der Waals surface area contributed by atoms with E-state index >= 15 is 0 Å². The van der Waals surface area contributed by atoms with Crippen LogP contribution in [0.1, 0.15) is 12.8 Å². The Morgan fingerprint density at radius 2 is 2.14 bits per heavy atom. The summed E-state index contributed by atoms with van der Waals surface area (Å²) in [6.07, 6.45) is 1.75. The predicted octanol–water partition coefficient (Wildman–Crippen LogP) is -0.142. The lowest BCUT2D eigenvalue weighted by atomic mass is 9.98. The van der Waals surface area contributed by atoms with E-state index in [0.717, 1.165) is 26.1 Å². The fraction of sp³-hybridized carbons (Fsp3) is 0.889. The fourth-order valence-corrected chi connectivity index (χ4v) is 1.91. The van der Waals surface area contributed by atoms with Gasteiger partial charge in [0.2, 0.25) is 0 Å². The number of carbonyl (C=O) groups is 1. The molecular weight excluding hydrogens is 186 g/mol. The van der Waals surface area contributed by atoms with E-state index in [9.17, 15) is 4.79 Å². The van der Waals surface area contributed by atoms with Crippen molar-refractivity contribution in [3.05, 3.63) is 0 Å². The molecule has 0 aromatic heterocycles. The van der Waals surface area contributed by atoms with Gasteiger partial charge in [-0.1, -0.05) is 0 Å². The van der Waals surface area contributed by atoms with Crippen LogP contribution in [0.25, 0.3) is 0 Å². The van der Waals surface area contributed by atoms with Gasteiger partial charge in [0.15, 0.2) is 6.23 Å². The summed E-state index contributed by atoms with van der Waals surface area (Å²) in [5, 5.41) is 3.13. The van der Waals surface area contributed by atoms with E-state index in [0.29, 0.717) is 19.0 Å². The third kappa shape index (κ3) is 2.23. The number of hydrogen-bond acceptors (Lipinski definition) is 5. The Morgan fingerprint density at radius 3 is 2.86 bits per heavy atom. The summed E-state index contributed by atoms with van der Waals surface area (Å²) < 4.78 is 15.5. The topological polar surface area (TPSA) is 56.8 Å². The number of carbonyl (C=O) groups excluding carboxylic acids is 1. The molecule has 1 unspecified atom stereocenters. The maximum atomic E-state index is 10.1. The molecule has 5 heteroatoms. The molecule has 2 rings (SSSR count). The van der Waals surface area contributed by atoms with E-state index in [1.807, 2.05) is 0 Å². The zero-order valence-corrected chi connectivity index (χ0v) is 7.98. The van der Waals surface area contributed by atoms with Crippen LogP contribution in [0, 0.1) is 5.92 Å². The van der Waals surface area contributed by atoms with Crippen LogP contribution < -0.4 is 5.32 Å². The molecule has 0 saturated carbocycles. The zero-order chi connectivity index (χ0) is 9.80. The summed E-state index contributed by atoms with van der Waals surface area (Å²) >= 11 is 0. The maximum Gasteiger partial charge on any atom is 0.294 e. The minimum atomic E-state index is -0.277. The first-order valence-electron chi connectivity index (χ1n) is 4.94. The van der Waals surface area contributed by atoms with Gasteiger partial charge in [0, 0.05) is 19.1 Å². The molecule has 2 atom stereocenters. The van der Waals surface area contributed by atoms with Crippen molar-refractivity contribution in [2.75, 3.05) is 19.8 Å². The summed E-state index contributed by atoms with van der Waals surface area (Å²) in [6.45, 7) is 2.49. The van der Waals surface area contributed by atoms with Gasteiger partial charge < -0.3 is 14.2 Å².